The van der Waals surface area contributed by atoms with E-state index in [4.69, 9.17) is 4.74 Å². The summed E-state index contributed by atoms with van der Waals surface area (Å²) in [7, 11) is 1.43. The second-order valence-corrected chi connectivity index (χ2v) is 4.73. The first-order valence-electron chi connectivity index (χ1n) is 5.39. The van der Waals surface area contributed by atoms with Crippen molar-refractivity contribution in [3.05, 3.63) is 41.0 Å². The van der Waals surface area contributed by atoms with E-state index in [1.165, 1.54) is 12.7 Å². The maximum atomic E-state index is 11.6. The topological polar surface area (TPSA) is 26.3 Å². The van der Waals surface area contributed by atoms with Crippen LogP contribution < -0.4 is 0 Å². The summed E-state index contributed by atoms with van der Waals surface area (Å²) < 4.78 is 4.79. The van der Waals surface area contributed by atoms with E-state index in [1.807, 2.05) is 0 Å². The van der Waals surface area contributed by atoms with E-state index in [2.05, 4.69) is 45.0 Å². The Labute approximate surface area is 95.9 Å². The van der Waals surface area contributed by atoms with Gasteiger partial charge in [0.05, 0.1) is 12.7 Å². The quantitative estimate of drug-likeness (QED) is 0.710. The van der Waals surface area contributed by atoms with E-state index in [0.717, 1.165) is 16.7 Å². The number of allylic oxidation sites excluding steroid dienone is 1. The standard InChI is InChI=1S/C14H16O2/c1-9-5-7-10(8-6-9)11-12(13(15)16-4)14(11,2)3/h5-8H,1-4H3. The molecule has 0 aromatic heterocycles. The van der Waals surface area contributed by atoms with Gasteiger partial charge in [0.15, 0.2) is 0 Å². The van der Waals surface area contributed by atoms with Gasteiger partial charge in [-0.3, -0.25) is 0 Å². The van der Waals surface area contributed by atoms with Gasteiger partial charge in [-0.2, -0.15) is 0 Å². The summed E-state index contributed by atoms with van der Waals surface area (Å²) in [6.07, 6.45) is 0. The zero-order chi connectivity index (χ0) is 11.9. The van der Waals surface area contributed by atoms with Crippen LogP contribution >= 0.6 is 0 Å². The van der Waals surface area contributed by atoms with Gasteiger partial charge in [-0.05, 0) is 18.1 Å². The van der Waals surface area contributed by atoms with Gasteiger partial charge >= 0.3 is 5.97 Å². The van der Waals surface area contributed by atoms with Crippen LogP contribution in [0.2, 0.25) is 0 Å². The van der Waals surface area contributed by atoms with Crippen LogP contribution in [-0.4, -0.2) is 13.1 Å². The number of carbonyl (C=O) groups excluding carboxylic acids is 1. The normalized spacial score (nSPS) is 17.2. The Bertz CT molecular complexity index is 464. The van der Waals surface area contributed by atoms with Gasteiger partial charge < -0.3 is 4.74 Å². The van der Waals surface area contributed by atoms with Crippen molar-refractivity contribution in [1.82, 2.24) is 0 Å². The molecule has 1 aliphatic carbocycles. The zero-order valence-electron chi connectivity index (χ0n) is 10.1. The third-order valence-electron chi connectivity index (χ3n) is 3.17. The Kier molecular flexibility index (Phi) is 2.38. The van der Waals surface area contributed by atoms with Gasteiger partial charge in [-0.15, -0.1) is 0 Å². The van der Waals surface area contributed by atoms with E-state index >= 15 is 0 Å². The molecule has 0 heterocycles. The van der Waals surface area contributed by atoms with E-state index in [1.54, 1.807) is 0 Å². The van der Waals surface area contributed by atoms with E-state index in [0.29, 0.717) is 0 Å². The Hall–Kier alpha value is -1.57. The summed E-state index contributed by atoms with van der Waals surface area (Å²) >= 11 is 0. The molecule has 84 valence electrons. The molecule has 0 radical (unpaired) electrons. The fourth-order valence-corrected chi connectivity index (χ4v) is 2.15. The molecule has 0 spiro atoms. The van der Waals surface area contributed by atoms with Gasteiger partial charge in [0, 0.05) is 5.41 Å². The zero-order valence-corrected chi connectivity index (χ0v) is 10.1. The van der Waals surface area contributed by atoms with Crippen molar-refractivity contribution in [3.8, 4) is 0 Å². The summed E-state index contributed by atoms with van der Waals surface area (Å²) in [5.41, 5.74) is 4.12. The number of ether oxygens (including phenoxy) is 1. The average molecular weight is 216 g/mol. The Balaban J connectivity index is 2.38. The highest BCUT2D eigenvalue weighted by Crippen LogP contribution is 2.58. The molecule has 0 amide bonds. The van der Waals surface area contributed by atoms with Gasteiger partial charge in [-0.1, -0.05) is 43.7 Å². The third-order valence-corrected chi connectivity index (χ3v) is 3.17. The van der Waals surface area contributed by atoms with E-state index < -0.39 is 0 Å². The number of benzene rings is 1. The molecule has 1 aliphatic rings. The highest BCUT2D eigenvalue weighted by Gasteiger charge is 2.50. The van der Waals surface area contributed by atoms with Gasteiger partial charge in [0.2, 0.25) is 0 Å². The molecule has 0 aliphatic heterocycles. The van der Waals surface area contributed by atoms with Gasteiger partial charge in [-0.25, -0.2) is 4.79 Å². The summed E-state index contributed by atoms with van der Waals surface area (Å²) in [4.78, 5) is 11.6. The molecule has 2 nitrogen and oxygen atoms in total. The molecule has 0 saturated carbocycles. The SMILES string of the molecule is COC(=O)C1=C(c2ccc(C)cc2)C1(C)C. The lowest BCUT2D eigenvalue weighted by molar-refractivity contribution is -0.136. The molecule has 0 N–H and O–H groups in total. The van der Waals surface area contributed by atoms with Crippen molar-refractivity contribution in [2.75, 3.05) is 7.11 Å². The molecule has 1 aromatic rings. The molecule has 2 rings (SSSR count). The number of esters is 1. The van der Waals surface area contributed by atoms with Crippen LogP contribution in [0.3, 0.4) is 0 Å². The highest BCUT2D eigenvalue weighted by molar-refractivity contribution is 6.12. The molecule has 16 heavy (non-hydrogen) atoms. The first-order valence-corrected chi connectivity index (χ1v) is 5.39. The first kappa shape index (κ1) is 10.9. The minimum absolute atomic E-state index is 0.137. The Morgan fingerprint density at radius 1 is 1.19 bits per heavy atom. The highest BCUT2D eigenvalue weighted by atomic mass is 16.5. The smallest absolute Gasteiger partial charge is 0.334 e. The maximum absolute atomic E-state index is 11.6. The van der Waals surface area contributed by atoms with Crippen LogP contribution in [0.1, 0.15) is 25.0 Å². The van der Waals surface area contributed by atoms with Crippen molar-refractivity contribution in [2.24, 2.45) is 5.41 Å². The summed E-state index contributed by atoms with van der Waals surface area (Å²) in [5, 5.41) is 0. The molecule has 0 saturated heterocycles. The predicted molar refractivity (Wildman–Crippen MR) is 63.9 cm³/mol. The average Bonchev–Trinajstić information content (AvgIpc) is 2.82. The molecule has 1 aromatic carbocycles. The summed E-state index contributed by atoms with van der Waals surface area (Å²) in [5.74, 6) is -0.208. The molecule has 2 heteroatoms. The fraction of sp³-hybridized carbons (Fsp3) is 0.357. The Morgan fingerprint density at radius 2 is 1.75 bits per heavy atom. The van der Waals surface area contributed by atoms with Crippen LogP contribution in [0.25, 0.3) is 5.57 Å². The van der Waals surface area contributed by atoms with Crippen LogP contribution in [-0.2, 0) is 9.53 Å². The van der Waals surface area contributed by atoms with Crippen molar-refractivity contribution in [1.29, 1.82) is 0 Å². The molecule has 0 fully saturated rings. The molecule has 0 bridgehead atoms. The monoisotopic (exact) mass is 216 g/mol. The molecular formula is C14H16O2. The van der Waals surface area contributed by atoms with Crippen LogP contribution in [0.5, 0.6) is 0 Å². The summed E-state index contributed by atoms with van der Waals surface area (Å²) in [6, 6.07) is 8.24. The van der Waals surface area contributed by atoms with Crippen LogP contribution in [0.4, 0.5) is 0 Å². The number of methoxy groups -OCH3 is 1. The van der Waals surface area contributed by atoms with Crippen molar-refractivity contribution < 1.29 is 9.53 Å². The molecular weight excluding hydrogens is 200 g/mol. The van der Waals surface area contributed by atoms with Crippen LogP contribution in [0.15, 0.2) is 29.8 Å². The largest absolute Gasteiger partial charge is 0.466 e. The fourth-order valence-electron chi connectivity index (χ4n) is 2.15. The van der Waals surface area contributed by atoms with E-state index in [-0.39, 0.29) is 11.4 Å². The van der Waals surface area contributed by atoms with Crippen molar-refractivity contribution in [3.63, 3.8) is 0 Å². The molecule has 0 atom stereocenters. The number of aryl methyl sites for hydroxylation is 1. The Morgan fingerprint density at radius 3 is 2.25 bits per heavy atom. The van der Waals surface area contributed by atoms with Crippen molar-refractivity contribution >= 4 is 11.5 Å². The minimum Gasteiger partial charge on any atom is -0.466 e. The number of hydrogen-bond acceptors (Lipinski definition) is 2. The van der Waals surface area contributed by atoms with Gasteiger partial charge in [0.1, 0.15) is 0 Å². The van der Waals surface area contributed by atoms with Crippen molar-refractivity contribution in [2.45, 2.75) is 20.8 Å². The van der Waals surface area contributed by atoms with E-state index in [9.17, 15) is 4.79 Å². The lowest BCUT2D eigenvalue weighted by atomic mass is 9.99. The lowest BCUT2D eigenvalue weighted by Gasteiger charge is -2.05. The number of carbonyl (C=O) groups is 1. The number of hydrogen-bond donors (Lipinski definition) is 0. The second-order valence-electron chi connectivity index (χ2n) is 4.73. The number of rotatable bonds is 2. The minimum atomic E-state index is -0.208. The lowest BCUT2D eigenvalue weighted by Crippen LogP contribution is -2.04. The maximum Gasteiger partial charge on any atom is 0.334 e. The molecule has 0 unspecified atom stereocenters. The third kappa shape index (κ3) is 1.54. The first-order chi connectivity index (χ1) is 7.48. The van der Waals surface area contributed by atoms with Crippen LogP contribution in [0, 0.1) is 12.3 Å². The second kappa shape index (κ2) is 3.48. The summed E-state index contributed by atoms with van der Waals surface area (Å²) in [6.45, 7) is 6.15. The van der Waals surface area contributed by atoms with Gasteiger partial charge in [0.25, 0.3) is 0 Å². The predicted octanol–water partition coefficient (Wildman–Crippen LogP) is 2.96.